The molecule has 0 bridgehead atoms. The van der Waals surface area contributed by atoms with Crippen molar-refractivity contribution in [1.82, 2.24) is 19.8 Å². The molecule has 1 aromatic carbocycles. The van der Waals surface area contributed by atoms with Crippen LogP contribution in [0.5, 0.6) is 0 Å². The van der Waals surface area contributed by atoms with Crippen molar-refractivity contribution in [3.05, 3.63) is 41.8 Å². The number of fused-ring (bicyclic) bond motifs is 2. The van der Waals surface area contributed by atoms with Crippen LogP contribution in [0, 0.1) is 12.7 Å². The number of carbonyl (C=O) groups excluding carboxylic acids is 1. The van der Waals surface area contributed by atoms with E-state index >= 15 is 8.78 Å². The number of nitrogens with zero attached hydrogens (tertiary/aromatic N) is 4. The second kappa shape index (κ2) is 8.19. The molecule has 186 valence electrons. The van der Waals surface area contributed by atoms with Crippen LogP contribution in [0.3, 0.4) is 0 Å². The van der Waals surface area contributed by atoms with Crippen LogP contribution in [-0.2, 0) is 10.0 Å². The van der Waals surface area contributed by atoms with Crippen molar-refractivity contribution < 1.29 is 30.9 Å². The third-order valence-corrected chi connectivity index (χ3v) is 7.91. The van der Waals surface area contributed by atoms with E-state index in [4.69, 9.17) is 4.52 Å². The van der Waals surface area contributed by atoms with Crippen molar-refractivity contribution in [2.45, 2.75) is 38.3 Å². The molecule has 2 fully saturated rings. The molecule has 13 heteroatoms. The first-order chi connectivity index (χ1) is 16.5. The number of aryl methyl sites for hydroxylation is 1. The molecule has 1 unspecified atom stereocenters. The lowest BCUT2D eigenvalue weighted by atomic mass is 10.0. The van der Waals surface area contributed by atoms with Gasteiger partial charge in [-0.3, -0.25) is 9.88 Å². The molecule has 3 aromatic rings. The number of hydrogen-bond donors (Lipinski definition) is 1. The minimum Gasteiger partial charge on any atom is -0.354 e. The lowest BCUT2D eigenvalue weighted by Gasteiger charge is -2.37. The van der Waals surface area contributed by atoms with E-state index in [-0.39, 0.29) is 24.5 Å². The van der Waals surface area contributed by atoms with Gasteiger partial charge in [-0.2, -0.15) is 0 Å². The number of halogens is 3. The Hall–Kier alpha value is -3.19. The Balaban J connectivity index is 1.53. The highest BCUT2D eigenvalue weighted by Crippen LogP contribution is 2.42. The molecule has 35 heavy (non-hydrogen) atoms. The van der Waals surface area contributed by atoms with E-state index in [1.165, 1.54) is 17.9 Å². The van der Waals surface area contributed by atoms with E-state index in [0.717, 1.165) is 11.1 Å². The fraction of sp³-hybridized carbons (Fsp3) is 0.409. The molecule has 0 saturated carbocycles. The maximum absolute atomic E-state index is 15.1. The number of benzene rings is 1. The number of rotatable bonds is 5. The Morgan fingerprint density at radius 1 is 1.31 bits per heavy atom. The molecule has 0 radical (unpaired) electrons. The van der Waals surface area contributed by atoms with E-state index in [1.54, 1.807) is 25.1 Å². The van der Waals surface area contributed by atoms with Gasteiger partial charge in [0.2, 0.25) is 10.0 Å². The Bertz CT molecular complexity index is 1430. The second-order valence-electron chi connectivity index (χ2n) is 8.64. The van der Waals surface area contributed by atoms with Gasteiger partial charge in [0.15, 0.2) is 11.4 Å². The fourth-order valence-electron chi connectivity index (χ4n) is 4.74. The van der Waals surface area contributed by atoms with E-state index in [9.17, 15) is 17.6 Å². The number of carbonyl (C=O) groups is 1. The lowest BCUT2D eigenvalue weighted by molar-refractivity contribution is -0.0448. The molecule has 2 aliphatic heterocycles. The molecule has 2 aromatic heterocycles. The zero-order valence-corrected chi connectivity index (χ0v) is 19.7. The third kappa shape index (κ3) is 3.82. The average molecular weight is 510 g/mol. The first kappa shape index (κ1) is 23.5. The summed E-state index contributed by atoms with van der Waals surface area (Å²) in [4.78, 5) is 19.8. The van der Waals surface area contributed by atoms with Crippen LogP contribution in [0.15, 0.2) is 35.0 Å². The number of sulfonamides is 1. The monoisotopic (exact) mass is 509 g/mol. The van der Waals surface area contributed by atoms with Crippen LogP contribution >= 0.6 is 0 Å². The first-order valence-electron chi connectivity index (χ1n) is 11.0. The van der Waals surface area contributed by atoms with Gasteiger partial charge in [-0.1, -0.05) is 17.3 Å². The molecule has 4 heterocycles. The topological polar surface area (TPSA) is 109 Å². The molecule has 2 aliphatic rings. The highest BCUT2D eigenvalue weighted by atomic mass is 32.2. The van der Waals surface area contributed by atoms with Crippen molar-refractivity contribution in [2.75, 3.05) is 23.7 Å². The number of anilines is 1. The summed E-state index contributed by atoms with van der Waals surface area (Å²) < 4.78 is 75.1. The van der Waals surface area contributed by atoms with Gasteiger partial charge in [0.1, 0.15) is 17.9 Å². The van der Waals surface area contributed by atoms with Crippen molar-refractivity contribution in [2.24, 2.45) is 0 Å². The quantitative estimate of drug-likeness (QED) is 0.566. The number of pyridine rings is 1. The molecule has 0 aliphatic carbocycles. The Labute approximate surface area is 198 Å². The standard InChI is InChI=1S/C22H22F3N5O4S/c1-3-35(32,33)28-16-11-30-17(22(16,24)25)7-8-29(21(30)31)20-18-14(5-4-6-15(18)34-27-20)19-12(2)9-13(23)10-26-19/h4-6,9-10,16-17,28H,3,7-8,11H2,1-2H3/t16-,17?/m1/s1. The maximum atomic E-state index is 15.1. The van der Waals surface area contributed by atoms with Gasteiger partial charge in [-0.15, -0.1) is 0 Å². The summed E-state index contributed by atoms with van der Waals surface area (Å²) in [6, 6.07) is 2.50. The Morgan fingerprint density at radius 2 is 2.09 bits per heavy atom. The summed E-state index contributed by atoms with van der Waals surface area (Å²) in [7, 11) is -3.91. The molecule has 2 saturated heterocycles. The summed E-state index contributed by atoms with van der Waals surface area (Å²) in [6.07, 6.45) is 0.974. The summed E-state index contributed by atoms with van der Waals surface area (Å²) in [6.45, 7) is 2.49. The Kier molecular flexibility index (Phi) is 5.51. The average Bonchev–Trinajstić information content (AvgIpc) is 3.34. The second-order valence-corrected chi connectivity index (χ2v) is 10.7. The molecule has 9 nitrogen and oxygen atoms in total. The first-order valence-corrected chi connectivity index (χ1v) is 12.7. The van der Waals surface area contributed by atoms with E-state index < -0.39 is 46.4 Å². The molecule has 2 atom stereocenters. The van der Waals surface area contributed by atoms with Gasteiger partial charge < -0.3 is 9.42 Å². The van der Waals surface area contributed by atoms with Crippen LogP contribution in [-0.4, -0.2) is 66.3 Å². The van der Waals surface area contributed by atoms with Crippen LogP contribution in [0.25, 0.3) is 22.2 Å². The van der Waals surface area contributed by atoms with E-state index in [0.29, 0.717) is 27.8 Å². The van der Waals surface area contributed by atoms with Gasteiger partial charge in [-0.05, 0) is 38.0 Å². The van der Waals surface area contributed by atoms with Gasteiger partial charge in [-0.25, -0.2) is 31.1 Å². The molecule has 2 amide bonds. The molecular weight excluding hydrogens is 487 g/mol. The zero-order valence-electron chi connectivity index (χ0n) is 18.8. The summed E-state index contributed by atoms with van der Waals surface area (Å²) >= 11 is 0. The van der Waals surface area contributed by atoms with E-state index in [2.05, 4.69) is 10.1 Å². The number of alkyl halides is 2. The normalized spacial score (nSPS) is 22.1. The molecule has 1 N–H and O–H groups in total. The van der Waals surface area contributed by atoms with Crippen molar-refractivity contribution in [3.8, 4) is 11.3 Å². The minimum absolute atomic E-state index is 0.0748. The lowest BCUT2D eigenvalue weighted by Crippen LogP contribution is -2.56. The van der Waals surface area contributed by atoms with Gasteiger partial charge >= 0.3 is 6.03 Å². The number of aromatic nitrogens is 2. The smallest absolute Gasteiger partial charge is 0.326 e. The van der Waals surface area contributed by atoms with Crippen LogP contribution in [0.2, 0.25) is 0 Å². The van der Waals surface area contributed by atoms with Crippen LogP contribution < -0.4 is 9.62 Å². The minimum atomic E-state index is -3.91. The summed E-state index contributed by atoms with van der Waals surface area (Å²) in [5.74, 6) is -4.15. The van der Waals surface area contributed by atoms with Crippen LogP contribution in [0.4, 0.5) is 23.8 Å². The highest BCUT2D eigenvalue weighted by molar-refractivity contribution is 7.89. The number of nitrogens with one attached hydrogen (secondary N) is 1. The summed E-state index contributed by atoms with van der Waals surface area (Å²) in [5.41, 5.74) is 1.91. The van der Waals surface area contributed by atoms with Crippen LogP contribution in [0.1, 0.15) is 18.9 Å². The molecule has 0 spiro atoms. The number of urea groups is 1. The SMILES string of the molecule is CCS(=O)(=O)N[C@@H]1CN2C(=O)N(c3noc4cccc(-c5ncc(F)cc5C)c34)CCC2C1(F)F. The summed E-state index contributed by atoms with van der Waals surface area (Å²) in [5, 5.41) is 4.49. The number of hydrogen-bond acceptors (Lipinski definition) is 6. The van der Waals surface area contributed by atoms with Gasteiger partial charge in [0, 0.05) is 18.7 Å². The van der Waals surface area contributed by atoms with Gasteiger partial charge in [0.05, 0.1) is 23.0 Å². The van der Waals surface area contributed by atoms with Crippen molar-refractivity contribution >= 4 is 32.8 Å². The number of amides is 2. The molecule has 5 rings (SSSR count). The zero-order chi connectivity index (χ0) is 25.1. The van der Waals surface area contributed by atoms with E-state index in [1.807, 2.05) is 4.72 Å². The highest BCUT2D eigenvalue weighted by Gasteiger charge is 2.60. The third-order valence-electron chi connectivity index (χ3n) is 6.50. The predicted molar refractivity (Wildman–Crippen MR) is 121 cm³/mol. The largest absolute Gasteiger partial charge is 0.354 e. The molecular formula is C22H22F3N5O4S. The maximum Gasteiger partial charge on any atom is 0.326 e. The van der Waals surface area contributed by atoms with Crippen molar-refractivity contribution in [3.63, 3.8) is 0 Å². The Morgan fingerprint density at radius 3 is 2.80 bits per heavy atom. The predicted octanol–water partition coefficient (Wildman–Crippen LogP) is 3.29. The van der Waals surface area contributed by atoms with Gasteiger partial charge in [0.25, 0.3) is 5.92 Å². The fourth-order valence-corrected chi connectivity index (χ4v) is 5.57. The van der Waals surface area contributed by atoms with Crippen molar-refractivity contribution in [1.29, 1.82) is 0 Å².